The second-order valence-electron chi connectivity index (χ2n) is 14.8. The molecule has 0 saturated heterocycles. The van der Waals surface area contributed by atoms with Gasteiger partial charge in [0.15, 0.2) is 0 Å². The zero-order valence-corrected chi connectivity index (χ0v) is 32.5. The first-order valence-corrected chi connectivity index (χ1v) is 20.7. The van der Waals surface area contributed by atoms with E-state index in [9.17, 15) is 0 Å². The topological polar surface area (TPSA) is 3.24 Å². The fraction of sp³-hybridized carbons (Fsp3) is 0. The van der Waals surface area contributed by atoms with Gasteiger partial charge in [-0.3, -0.25) is 0 Å². The molecule has 0 atom stereocenters. The summed E-state index contributed by atoms with van der Waals surface area (Å²) in [6, 6.07) is 81.9. The number of benzene rings is 10. The second kappa shape index (κ2) is 14.4. The number of nitrogens with zero attached hydrogens (tertiary/aromatic N) is 1. The van der Waals surface area contributed by atoms with Crippen LogP contribution < -0.4 is 4.90 Å². The van der Waals surface area contributed by atoms with Crippen molar-refractivity contribution in [1.29, 1.82) is 0 Å². The van der Waals surface area contributed by atoms with Crippen LogP contribution in [0.2, 0.25) is 0 Å². The van der Waals surface area contributed by atoms with Gasteiger partial charge in [0.1, 0.15) is 0 Å². The smallest absolute Gasteiger partial charge is 0.0540 e. The predicted molar refractivity (Wildman–Crippen MR) is 251 cm³/mol. The van der Waals surface area contributed by atoms with E-state index in [0.717, 1.165) is 17.1 Å². The van der Waals surface area contributed by atoms with Gasteiger partial charge in [-0.25, -0.2) is 0 Å². The average molecular weight is 756 g/mol. The molecule has 0 bridgehead atoms. The van der Waals surface area contributed by atoms with Gasteiger partial charge in [-0.05, 0) is 91.3 Å². The first kappa shape index (κ1) is 34.0. The number of rotatable bonds is 7. The second-order valence-corrected chi connectivity index (χ2v) is 15.9. The maximum Gasteiger partial charge on any atom is 0.0540 e. The van der Waals surface area contributed by atoms with Crippen molar-refractivity contribution >= 4 is 70.1 Å². The molecule has 58 heavy (non-hydrogen) atoms. The summed E-state index contributed by atoms with van der Waals surface area (Å²) in [5.74, 6) is 0. The van der Waals surface area contributed by atoms with Crippen LogP contribution in [0.5, 0.6) is 0 Å². The predicted octanol–water partition coefficient (Wildman–Crippen LogP) is 16.5. The Labute approximate surface area is 342 Å². The van der Waals surface area contributed by atoms with E-state index in [4.69, 9.17) is 0 Å². The summed E-state index contributed by atoms with van der Waals surface area (Å²) in [6.45, 7) is 0. The molecule has 10 aromatic carbocycles. The molecular weight excluding hydrogens is 719 g/mol. The Balaban J connectivity index is 1.07. The van der Waals surface area contributed by atoms with Crippen molar-refractivity contribution in [2.45, 2.75) is 0 Å². The molecule has 0 amide bonds. The Bertz CT molecular complexity index is 3270. The lowest BCUT2D eigenvalue weighted by molar-refractivity contribution is 1.29. The standard InChI is InChI=1S/C56H37NS/c1-3-18-44-40(14-1)16-11-23-45(44)42-32-30-38(31-33-42)39-34-36-43(37-35-39)57(52-26-8-5-20-48(52)47-24-12-17-41-15-2-4-19-46(41)47)53-27-9-6-21-49(53)50-25-13-29-55-56(50)51-22-7-10-28-54(51)58-55/h1-37H. The summed E-state index contributed by atoms with van der Waals surface area (Å²) in [5, 5.41) is 7.60. The maximum atomic E-state index is 2.47. The van der Waals surface area contributed by atoms with Crippen LogP contribution >= 0.6 is 11.3 Å². The van der Waals surface area contributed by atoms with Crippen molar-refractivity contribution in [3.8, 4) is 44.5 Å². The quantitative estimate of drug-likeness (QED) is 0.157. The highest BCUT2D eigenvalue weighted by Gasteiger charge is 2.22. The van der Waals surface area contributed by atoms with Gasteiger partial charge in [0, 0.05) is 37.0 Å². The fourth-order valence-electron chi connectivity index (χ4n) is 8.78. The molecule has 11 aromatic rings. The van der Waals surface area contributed by atoms with Crippen molar-refractivity contribution in [2.75, 3.05) is 4.90 Å². The highest BCUT2D eigenvalue weighted by molar-refractivity contribution is 7.25. The summed E-state index contributed by atoms with van der Waals surface area (Å²) in [5.41, 5.74) is 13.0. The normalized spacial score (nSPS) is 11.4. The first-order chi connectivity index (χ1) is 28.8. The molecule has 11 rings (SSSR count). The van der Waals surface area contributed by atoms with E-state index in [-0.39, 0.29) is 0 Å². The van der Waals surface area contributed by atoms with Gasteiger partial charge >= 0.3 is 0 Å². The van der Waals surface area contributed by atoms with Gasteiger partial charge in [-0.2, -0.15) is 0 Å². The van der Waals surface area contributed by atoms with E-state index < -0.39 is 0 Å². The summed E-state index contributed by atoms with van der Waals surface area (Å²) in [7, 11) is 0. The Kier molecular flexibility index (Phi) is 8.42. The summed E-state index contributed by atoms with van der Waals surface area (Å²) >= 11 is 1.86. The average Bonchev–Trinajstić information content (AvgIpc) is 3.69. The van der Waals surface area contributed by atoms with E-state index >= 15 is 0 Å². The van der Waals surface area contributed by atoms with Crippen LogP contribution in [0.25, 0.3) is 86.2 Å². The SMILES string of the molecule is c1ccc(N(c2ccc(-c3ccc(-c4cccc5ccccc45)cc3)cc2)c2ccccc2-c2cccc3sc4ccccc4c23)c(-c2cccc3ccccc23)c1. The number of fused-ring (bicyclic) bond motifs is 5. The van der Waals surface area contributed by atoms with Crippen LogP contribution in [0.15, 0.2) is 224 Å². The summed E-state index contributed by atoms with van der Waals surface area (Å²) < 4.78 is 2.60. The molecule has 272 valence electrons. The minimum atomic E-state index is 1.10. The molecule has 1 aromatic heterocycles. The third kappa shape index (κ3) is 5.86. The molecule has 0 saturated carbocycles. The third-order valence-corrected chi connectivity index (χ3v) is 12.6. The van der Waals surface area contributed by atoms with Crippen molar-refractivity contribution < 1.29 is 0 Å². The lowest BCUT2D eigenvalue weighted by Crippen LogP contribution is -2.12. The van der Waals surface area contributed by atoms with E-state index in [1.165, 1.54) is 86.2 Å². The molecule has 0 spiro atoms. The monoisotopic (exact) mass is 755 g/mol. The Hall–Kier alpha value is -7.26. The van der Waals surface area contributed by atoms with Crippen molar-refractivity contribution in [2.24, 2.45) is 0 Å². The van der Waals surface area contributed by atoms with Crippen LogP contribution in [-0.4, -0.2) is 0 Å². The van der Waals surface area contributed by atoms with Gasteiger partial charge in [0.25, 0.3) is 0 Å². The summed E-state index contributed by atoms with van der Waals surface area (Å²) in [6.07, 6.45) is 0. The first-order valence-electron chi connectivity index (χ1n) is 19.8. The third-order valence-electron chi connectivity index (χ3n) is 11.5. The van der Waals surface area contributed by atoms with E-state index in [0.29, 0.717) is 0 Å². The van der Waals surface area contributed by atoms with Crippen LogP contribution in [0, 0.1) is 0 Å². The highest BCUT2D eigenvalue weighted by atomic mass is 32.1. The molecule has 2 heteroatoms. The zero-order valence-electron chi connectivity index (χ0n) is 31.7. The number of hydrogen-bond donors (Lipinski definition) is 0. The van der Waals surface area contributed by atoms with Crippen molar-refractivity contribution in [3.05, 3.63) is 224 Å². The van der Waals surface area contributed by atoms with Crippen LogP contribution in [0.3, 0.4) is 0 Å². The molecule has 0 aliphatic carbocycles. The van der Waals surface area contributed by atoms with E-state index in [1.807, 2.05) is 11.3 Å². The molecule has 0 N–H and O–H groups in total. The maximum absolute atomic E-state index is 2.47. The van der Waals surface area contributed by atoms with E-state index in [1.54, 1.807) is 0 Å². The Morgan fingerprint density at radius 2 is 0.707 bits per heavy atom. The van der Waals surface area contributed by atoms with Gasteiger partial charge in [0.05, 0.1) is 11.4 Å². The highest BCUT2D eigenvalue weighted by Crippen LogP contribution is 2.48. The van der Waals surface area contributed by atoms with Gasteiger partial charge in [-0.15, -0.1) is 11.3 Å². The lowest BCUT2D eigenvalue weighted by Gasteiger charge is -2.30. The molecule has 0 radical (unpaired) electrons. The van der Waals surface area contributed by atoms with Crippen molar-refractivity contribution in [1.82, 2.24) is 0 Å². The van der Waals surface area contributed by atoms with E-state index in [2.05, 4.69) is 229 Å². The van der Waals surface area contributed by atoms with Crippen molar-refractivity contribution in [3.63, 3.8) is 0 Å². The Morgan fingerprint density at radius 3 is 1.40 bits per heavy atom. The molecular formula is C56H37NS. The van der Waals surface area contributed by atoms with Gasteiger partial charge in [0.2, 0.25) is 0 Å². The zero-order chi connectivity index (χ0) is 38.4. The molecule has 0 aliphatic heterocycles. The largest absolute Gasteiger partial charge is 0.309 e. The number of thiophene rings is 1. The number of para-hydroxylation sites is 2. The fourth-order valence-corrected chi connectivity index (χ4v) is 9.91. The number of anilines is 3. The molecule has 0 fully saturated rings. The molecule has 0 unspecified atom stereocenters. The van der Waals surface area contributed by atoms with Crippen LogP contribution in [-0.2, 0) is 0 Å². The van der Waals surface area contributed by atoms with Crippen LogP contribution in [0.1, 0.15) is 0 Å². The van der Waals surface area contributed by atoms with Gasteiger partial charge < -0.3 is 4.90 Å². The lowest BCUT2D eigenvalue weighted by atomic mass is 9.94. The van der Waals surface area contributed by atoms with Gasteiger partial charge in [-0.1, -0.05) is 188 Å². The van der Waals surface area contributed by atoms with Crippen LogP contribution in [0.4, 0.5) is 17.1 Å². The molecule has 0 aliphatic rings. The molecule has 1 nitrogen and oxygen atoms in total. The summed E-state index contributed by atoms with van der Waals surface area (Å²) in [4.78, 5) is 2.47. The minimum absolute atomic E-state index is 1.10. The Morgan fingerprint density at radius 1 is 0.276 bits per heavy atom. The molecule has 1 heterocycles. The number of hydrogen-bond acceptors (Lipinski definition) is 2. The minimum Gasteiger partial charge on any atom is -0.309 e.